The molecule has 2 aliphatic rings. The monoisotopic (exact) mass is 652 g/mol. The summed E-state index contributed by atoms with van der Waals surface area (Å²) in [6.07, 6.45) is 16.5. The van der Waals surface area contributed by atoms with E-state index in [1.54, 1.807) is 17.0 Å². The number of hydrogen-bond acceptors (Lipinski definition) is 0. The second-order valence-corrected chi connectivity index (χ2v) is 24.8. The van der Waals surface area contributed by atoms with E-state index in [9.17, 15) is 0 Å². The molecule has 0 radical (unpaired) electrons. The van der Waals surface area contributed by atoms with Crippen LogP contribution in [0.2, 0.25) is 0 Å². The summed E-state index contributed by atoms with van der Waals surface area (Å²) in [7, 11) is 0. The van der Waals surface area contributed by atoms with E-state index in [1.165, 1.54) is 12.8 Å². The van der Waals surface area contributed by atoms with Crippen molar-refractivity contribution < 1.29 is 20.1 Å². The van der Waals surface area contributed by atoms with E-state index in [4.69, 9.17) is 0 Å². The van der Waals surface area contributed by atoms with Gasteiger partial charge in [-0.1, -0.05) is 0 Å². The summed E-state index contributed by atoms with van der Waals surface area (Å²) >= 11 is -2.14. The zero-order valence-corrected chi connectivity index (χ0v) is 22.5. The number of rotatable bonds is 4. The molecule has 0 spiro atoms. The molecule has 2 aliphatic carbocycles. The molecular formula is C22H22Br2HfSi. The Labute approximate surface area is 185 Å². The Kier molecular flexibility index (Phi) is 8.95. The Morgan fingerprint density at radius 1 is 0.615 bits per heavy atom. The normalized spacial score (nSPS) is 14.2. The van der Waals surface area contributed by atoms with E-state index in [0.717, 1.165) is 0 Å². The summed E-state index contributed by atoms with van der Waals surface area (Å²) in [5.41, 5.74) is -0.708. The van der Waals surface area contributed by atoms with E-state index < -0.39 is 25.6 Å². The van der Waals surface area contributed by atoms with Gasteiger partial charge in [0.05, 0.1) is 0 Å². The van der Waals surface area contributed by atoms with Crippen LogP contribution in [0.1, 0.15) is 12.8 Å². The van der Waals surface area contributed by atoms with Crippen molar-refractivity contribution in [1.82, 2.24) is 0 Å². The fourth-order valence-electron chi connectivity index (χ4n) is 3.46. The predicted molar refractivity (Wildman–Crippen MR) is 122 cm³/mol. The molecule has 0 amide bonds. The van der Waals surface area contributed by atoms with Crippen molar-refractivity contribution in [2.24, 2.45) is 0 Å². The maximum atomic E-state index is 2.44. The van der Waals surface area contributed by atoms with E-state index >= 15 is 0 Å². The Morgan fingerprint density at radius 2 is 1.04 bits per heavy atom. The Hall–Kier alpha value is -0.553. The average molecular weight is 653 g/mol. The molecule has 0 aromatic heterocycles. The average Bonchev–Trinajstić information content (AvgIpc) is 3.35. The van der Waals surface area contributed by atoms with Gasteiger partial charge in [0, 0.05) is 0 Å². The van der Waals surface area contributed by atoms with Crippen LogP contribution in [-0.2, 0) is 20.1 Å². The van der Waals surface area contributed by atoms with Gasteiger partial charge in [-0.05, 0) is 0 Å². The maximum absolute atomic E-state index is 2.44. The molecule has 4 heteroatoms. The van der Waals surface area contributed by atoms with Gasteiger partial charge in [0.25, 0.3) is 0 Å². The molecule has 0 unspecified atom stereocenters. The standard InChI is InChI=1S/C12H10Si.2C5H5.2BrH.Hf/c1-3-7-11(8-4-1)13-12-9-5-2-6-10-12;2*1-2-4-5-3-1;;;/h1-10H;2*1-3H,4H2;2*1H;. The SMILES string of the molecule is Br.Br.C1=CC[C]([Hf]([C]2=CC=CC2)=[Si](c2ccccc2)c2ccccc2)=C1. The molecule has 2 aromatic rings. The Morgan fingerprint density at radius 3 is 1.38 bits per heavy atom. The Bertz CT molecular complexity index is 821. The van der Waals surface area contributed by atoms with E-state index in [2.05, 4.69) is 97.1 Å². The van der Waals surface area contributed by atoms with Crippen molar-refractivity contribution >= 4 is 49.8 Å². The van der Waals surface area contributed by atoms with Gasteiger partial charge < -0.3 is 0 Å². The third-order valence-electron chi connectivity index (χ3n) is 4.56. The van der Waals surface area contributed by atoms with Crippen molar-refractivity contribution in [3.8, 4) is 0 Å². The van der Waals surface area contributed by atoms with Crippen molar-refractivity contribution in [2.75, 3.05) is 0 Å². The summed E-state index contributed by atoms with van der Waals surface area (Å²) in [6.45, 7) is 0. The van der Waals surface area contributed by atoms with Gasteiger partial charge in [-0.25, -0.2) is 0 Å². The summed E-state index contributed by atoms with van der Waals surface area (Å²) in [5, 5.41) is 3.19. The number of halogens is 2. The van der Waals surface area contributed by atoms with E-state index in [-0.39, 0.29) is 34.0 Å². The van der Waals surface area contributed by atoms with Crippen LogP contribution < -0.4 is 10.4 Å². The van der Waals surface area contributed by atoms with E-state index in [1.807, 2.05) is 0 Å². The molecule has 0 saturated heterocycles. The van der Waals surface area contributed by atoms with Gasteiger partial charge in [-0.2, -0.15) is 0 Å². The van der Waals surface area contributed by atoms with Crippen LogP contribution in [0.25, 0.3) is 0 Å². The fraction of sp³-hybridized carbons (Fsp3) is 0.0909. The molecule has 0 fully saturated rings. The summed E-state index contributed by atoms with van der Waals surface area (Å²) in [6, 6.07) is 22.6. The quantitative estimate of drug-likeness (QED) is 0.396. The fourth-order valence-corrected chi connectivity index (χ4v) is 31.5. The molecule has 0 bridgehead atoms. The van der Waals surface area contributed by atoms with Crippen LogP contribution in [0.5, 0.6) is 0 Å². The molecular weight excluding hydrogens is 631 g/mol. The topological polar surface area (TPSA) is 0 Å². The van der Waals surface area contributed by atoms with Crippen molar-refractivity contribution in [3.63, 3.8) is 0 Å². The molecule has 0 atom stereocenters. The minimum atomic E-state index is -2.14. The number of benzene rings is 2. The van der Waals surface area contributed by atoms with Gasteiger partial charge in [0.2, 0.25) is 0 Å². The number of hydrogen-bond donors (Lipinski definition) is 0. The van der Waals surface area contributed by atoms with Gasteiger partial charge in [-0.15, -0.1) is 34.0 Å². The molecule has 0 heterocycles. The van der Waals surface area contributed by atoms with Crippen molar-refractivity contribution in [1.29, 1.82) is 0 Å². The number of allylic oxidation sites excluding steroid dienone is 8. The molecule has 0 aliphatic heterocycles. The van der Waals surface area contributed by atoms with Gasteiger partial charge in [0.1, 0.15) is 0 Å². The summed E-state index contributed by atoms with van der Waals surface area (Å²) in [5.74, 6) is 0. The minimum absolute atomic E-state index is 0. The van der Waals surface area contributed by atoms with Crippen molar-refractivity contribution in [2.45, 2.75) is 12.8 Å². The first-order valence-corrected chi connectivity index (χ1v) is 19.0. The third kappa shape index (κ3) is 4.83. The molecule has 132 valence electrons. The summed E-state index contributed by atoms with van der Waals surface area (Å²) < 4.78 is 3.58. The molecule has 0 N–H and O–H groups in total. The molecule has 0 saturated carbocycles. The molecule has 2 aromatic carbocycles. The van der Waals surface area contributed by atoms with Crippen LogP contribution in [0.15, 0.2) is 104 Å². The zero-order chi connectivity index (χ0) is 16.2. The predicted octanol–water partition coefficient (Wildman–Crippen LogP) is 5.25. The first-order chi connectivity index (χ1) is 11.9. The van der Waals surface area contributed by atoms with Gasteiger partial charge in [0.15, 0.2) is 0 Å². The second-order valence-electron chi connectivity index (χ2n) is 6.13. The summed E-state index contributed by atoms with van der Waals surface area (Å²) in [4.78, 5) is 0. The van der Waals surface area contributed by atoms with E-state index in [0.29, 0.717) is 0 Å². The first-order valence-electron chi connectivity index (χ1n) is 8.51. The Balaban J connectivity index is 0.00000121. The van der Waals surface area contributed by atoms with Crippen LogP contribution in [0, 0.1) is 0 Å². The van der Waals surface area contributed by atoms with Gasteiger partial charge in [-0.3, -0.25) is 0 Å². The molecule has 26 heavy (non-hydrogen) atoms. The van der Waals surface area contributed by atoms with Crippen LogP contribution >= 0.6 is 34.0 Å². The molecule has 4 rings (SSSR count). The zero-order valence-electron chi connectivity index (χ0n) is 14.5. The first kappa shape index (κ1) is 21.7. The van der Waals surface area contributed by atoms with Gasteiger partial charge >= 0.3 is 153 Å². The molecule has 0 nitrogen and oxygen atoms in total. The van der Waals surface area contributed by atoms with Crippen LogP contribution in [0.4, 0.5) is 0 Å². The van der Waals surface area contributed by atoms with Crippen LogP contribution in [-0.4, -0.2) is 5.49 Å². The van der Waals surface area contributed by atoms with Crippen LogP contribution in [0.3, 0.4) is 0 Å². The third-order valence-corrected chi connectivity index (χ3v) is 31.0. The second kappa shape index (κ2) is 10.7. The van der Waals surface area contributed by atoms with Crippen molar-refractivity contribution in [3.05, 3.63) is 104 Å².